The number of methoxy groups -OCH3 is 1. The average molecular weight is 261 g/mol. The molecule has 0 aliphatic rings. The topological polar surface area (TPSA) is 51.4 Å². The van der Waals surface area contributed by atoms with Crippen LogP contribution in [0.1, 0.15) is 24.3 Å². The Morgan fingerprint density at radius 3 is 2.68 bits per heavy atom. The van der Waals surface area contributed by atoms with E-state index in [9.17, 15) is 0 Å². The minimum Gasteiger partial charge on any atom is -0.497 e. The number of aromatic nitrogens is 2. The maximum atomic E-state index is 5.50. The molecule has 19 heavy (non-hydrogen) atoms. The van der Waals surface area contributed by atoms with Crippen LogP contribution in [0.4, 0.5) is 0 Å². The smallest absolute Gasteiger partial charge is 0.230 e. The first kappa shape index (κ1) is 13.5. The van der Waals surface area contributed by atoms with Crippen LogP contribution >= 0.6 is 0 Å². The second-order valence-corrected chi connectivity index (χ2v) is 4.47. The largest absolute Gasteiger partial charge is 0.497 e. The van der Waals surface area contributed by atoms with Gasteiger partial charge in [0.2, 0.25) is 11.8 Å². The zero-order valence-electron chi connectivity index (χ0n) is 11.6. The van der Waals surface area contributed by atoms with Gasteiger partial charge in [-0.1, -0.05) is 19.1 Å². The number of ether oxygens (including phenoxy) is 1. The van der Waals surface area contributed by atoms with E-state index in [1.165, 1.54) is 5.56 Å². The van der Waals surface area contributed by atoms with Crippen molar-refractivity contribution in [3.63, 3.8) is 0 Å². The van der Waals surface area contributed by atoms with Crippen LogP contribution in [0.3, 0.4) is 0 Å². The van der Waals surface area contributed by atoms with Crippen LogP contribution in [0, 0.1) is 0 Å². The van der Waals surface area contributed by atoms with Crippen molar-refractivity contribution in [3.05, 3.63) is 41.6 Å². The highest BCUT2D eigenvalue weighted by molar-refractivity contribution is 5.28. The molecule has 2 aromatic rings. The van der Waals surface area contributed by atoms with Gasteiger partial charge in [0.15, 0.2) is 0 Å². The monoisotopic (exact) mass is 261 g/mol. The molecule has 0 N–H and O–H groups in total. The van der Waals surface area contributed by atoms with Gasteiger partial charge in [-0.15, -0.1) is 10.2 Å². The van der Waals surface area contributed by atoms with Gasteiger partial charge in [-0.05, 0) is 24.7 Å². The van der Waals surface area contributed by atoms with E-state index in [0.29, 0.717) is 18.3 Å². The number of benzene rings is 1. The van der Waals surface area contributed by atoms with Gasteiger partial charge in [-0.3, -0.25) is 4.90 Å². The van der Waals surface area contributed by atoms with Gasteiger partial charge in [0.25, 0.3) is 0 Å². The Kier molecular flexibility index (Phi) is 4.52. The summed E-state index contributed by atoms with van der Waals surface area (Å²) >= 11 is 0. The molecule has 0 saturated carbocycles. The Morgan fingerprint density at radius 2 is 2.00 bits per heavy atom. The van der Waals surface area contributed by atoms with E-state index in [1.807, 2.05) is 32.2 Å². The Balaban J connectivity index is 1.94. The molecular formula is C14H19N3O2. The van der Waals surface area contributed by atoms with E-state index in [0.717, 1.165) is 18.7 Å². The Morgan fingerprint density at radius 1 is 1.21 bits per heavy atom. The lowest BCUT2D eigenvalue weighted by Gasteiger charge is -2.14. The van der Waals surface area contributed by atoms with Crippen molar-refractivity contribution in [2.75, 3.05) is 14.2 Å². The predicted molar refractivity (Wildman–Crippen MR) is 71.8 cm³/mol. The molecule has 1 heterocycles. The summed E-state index contributed by atoms with van der Waals surface area (Å²) < 4.78 is 10.7. The first-order valence-corrected chi connectivity index (χ1v) is 6.34. The van der Waals surface area contributed by atoms with Crippen LogP contribution in [0.2, 0.25) is 0 Å². The number of hydrogen-bond acceptors (Lipinski definition) is 5. The van der Waals surface area contributed by atoms with Crippen LogP contribution in [0.5, 0.6) is 5.75 Å². The zero-order valence-corrected chi connectivity index (χ0v) is 11.6. The van der Waals surface area contributed by atoms with Crippen molar-refractivity contribution in [3.8, 4) is 5.75 Å². The SMILES string of the molecule is CCc1nnc(CN(C)Cc2cccc(OC)c2)o1. The third kappa shape index (κ3) is 3.79. The van der Waals surface area contributed by atoms with Gasteiger partial charge in [0.05, 0.1) is 13.7 Å². The summed E-state index contributed by atoms with van der Waals surface area (Å²) in [6.07, 6.45) is 0.770. The molecule has 0 aliphatic heterocycles. The van der Waals surface area contributed by atoms with E-state index in [-0.39, 0.29) is 0 Å². The maximum Gasteiger partial charge on any atom is 0.230 e. The molecule has 0 spiro atoms. The first-order valence-electron chi connectivity index (χ1n) is 6.34. The summed E-state index contributed by atoms with van der Waals surface area (Å²) in [6, 6.07) is 8.03. The molecule has 2 rings (SSSR count). The summed E-state index contributed by atoms with van der Waals surface area (Å²) in [7, 11) is 3.70. The van der Waals surface area contributed by atoms with E-state index < -0.39 is 0 Å². The highest BCUT2D eigenvalue weighted by atomic mass is 16.5. The molecule has 102 valence electrons. The fourth-order valence-electron chi connectivity index (χ4n) is 1.86. The fraction of sp³-hybridized carbons (Fsp3) is 0.429. The summed E-state index contributed by atoms with van der Waals surface area (Å²) in [5.41, 5.74) is 1.19. The summed E-state index contributed by atoms with van der Waals surface area (Å²) in [4.78, 5) is 2.13. The summed E-state index contributed by atoms with van der Waals surface area (Å²) in [5, 5.41) is 7.98. The van der Waals surface area contributed by atoms with Crippen LogP contribution < -0.4 is 4.74 Å². The summed E-state index contributed by atoms with van der Waals surface area (Å²) in [5.74, 6) is 2.21. The Hall–Kier alpha value is -1.88. The second kappa shape index (κ2) is 6.33. The number of rotatable bonds is 6. The molecular weight excluding hydrogens is 242 g/mol. The molecule has 0 aliphatic carbocycles. The molecule has 0 bridgehead atoms. The van der Waals surface area contributed by atoms with Gasteiger partial charge >= 0.3 is 0 Å². The van der Waals surface area contributed by atoms with Crippen molar-refractivity contribution >= 4 is 0 Å². The Bertz CT molecular complexity index is 525. The minimum absolute atomic E-state index is 0.643. The van der Waals surface area contributed by atoms with Crippen molar-refractivity contribution in [2.45, 2.75) is 26.4 Å². The normalized spacial score (nSPS) is 10.9. The van der Waals surface area contributed by atoms with Crippen LogP contribution in [-0.2, 0) is 19.5 Å². The fourth-order valence-corrected chi connectivity index (χ4v) is 1.86. The molecule has 5 heteroatoms. The quantitative estimate of drug-likeness (QED) is 0.798. The average Bonchev–Trinajstić information content (AvgIpc) is 2.86. The minimum atomic E-state index is 0.643. The molecule has 0 atom stereocenters. The van der Waals surface area contributed by atoms with E-state index in [2.05, 4.69) is 21.2 Å². The molecule has 0 saturated heterocycles. The van der Waals surface area contributed by atoms with Crippen LogP contribution in [0.25, 0.3) is 0 Å². The summed E-state index contributed by atoms with van der Waals surface area (Å²) in [6.45, 7) is 3.45. The number of nitrogens with zero attached hydrogens (tertiary/aromatic N) is 3. The van der Waals surface area contributed by atoms with E-state index >= 15 is 0 Å². The predicted octanol–water partition coefficient (Wildman–Crippen LogP) is 2.27. The molecule has 1 aromatic carbocycles. The molecule has 0 unspecified atom stereocenters. The van der Waals surface area contributed by atoms with Gasteiger partial charge < -0.3 is 9.15 Å². The first-order chi connectivity index (χ1) is 9.21. The van der Waals surface area contributed by atoms with Crippen molar-refractivity contribution in [1.29, 1.82) is 0 Å². The van der Waals surface area contributed by atoms with Gasteiger partial charge in [-0.2, -0.15) is 0 Å². The highest BCUT2D eigenvalue weighted by Gasteiger charge is 2.08. The number of aryl methyl sites for hydroxylation is 1. The van der Waals surface area contributed by atoms with Crippen molar-refractivity contribution in [1.82, 2.24) is 15.1 Å². The molecule has 1 aromatic heterocycles. The molecule has 0 amide bonds. The Labute approximate surface area is 113 Å². The van der Waals surface area contributed by atoms with Gasteiger partial charge in [0.1, 0.15) is 5.75 Å². The third-order valence-electron chi connectivity index (χ3n) is 2.80. The molecule has 5 nitrogen and oxygen atoms in total. The third-order valence-corrected chi connectivity index (χ3v) is 2.80. The molecule has 0 fully saturated rings. The lowest BCUT2D eigenvalue weighted by Crippen LogP contribution is -2.17. The van der Waals surface area contributed by atoms with Crippen LogP contribution in [-0.4, -0.2) is 29.3 Å². The van der Waals surface area contributed by atoms with E-state index in [4.69, 9.17) is 9.15 Å². The van der Waals surface area contributed by atoms with Gasteiger partial charge in [-0.25, -0.2) is 0 Å². The highest BCUT2D eigenvalue weighted by Crippen LogP contribution is 2.14. The van der Waals surface area contributed by atoms with Crippen molar-refractivity contribution in [2.24, 2.45) is 0 Å². The maximum absolute atomic E-state index is 5.50. The van der Waals surface area contributed by atoms with Gasteiger partial charge in [0, 0.05) is 13.0 Å². The lowest BCUT2D eigenvalue weighted by atomic mass is 10.2. The number of hydrogen-bond donors (Lipinski definition) is 0. The molecule has 0 radical (unpaired) electrons. The van der Waals surface area contributed by atoms with Crippen molar-refractivity contribution < 1.29 is 9.15 Å². The van der Waals surface area contributed by atoms with E-state index in [1.54, 1.807) is 7.11 Å². The standard InChI is InChI=1S/C14H19N3O2/c1-4-13-15-16-14(19-13)10-17(2)9-11-6-5-7-12(8-11)18-3/h5-8H,4,9-10H2,1-3H3. The zero-order chi connectivity index (χ0) is 13.7. The lowest BCUT2D eigenvalue weighted by molar-refractivity contribution is 0.277. The second-order valence-electron chi connectivity index (χ2n) is 4.47. The van der Waals surface area contributed by atoms with Crippen LogP contribution in [0.15, 0.2) is 28.7 Å².